The predicted molar refractivity (Wildman–Crippen MR) is 51.6 cm³/mol. The summed E-state index contributed by atoms with van der Waals surface area (Å²) in [5.74, 6) is 0.979. The topological polar surface area (TPSA) is 9.23 Å². The number of rotatable bonds is 2. The van der Waals surface area contributed by atoms with Crippen molar-refractivity contribution >= 4 is 13.9 Å². The normalized spacial score (nSPS) is 10.8. The Morgan fingerprint density at radius 3 is 2.55 bits per heavy atom. The summed E-state index contributed by atoms with van der Waals surface area (Å²) in [6, 6.07) is 6.32. The second kappa shape index (κ2) is 3.73. The third kappa shape index (κ3) is 1.94. The van der Waals surface area contributed by atoms with Crippen molar-refractivity contribution in [2.75, 3.05) is 13.8 Å². The molecule has 0 bridgehead atoms. The predicted octanol–water partition coefficient (Wildman–Crippen LogP) is 1.94. The maximum Gasteiger partial charge on any atom is 0.121 e. The zero-order valence-electron chi connectivity index (χ0n) is 7.14. The van der Waals surface area contributed by atoms with Gasteiger partial charge in [0, 0.05) is 0 Å². The van der Waals surface area contributed by atoms with E-state index in [1.807, 2.05) is 6.07 Å². The highest BCUT2D eigenvalue weighted by Crippen LogP contribution is 2.17. The molecule has 1 atom stereocenters. The van der Waals surface area contributed by atoms with Crippen molar-refractivity contribution in [2.24, 2.45) is 0 Å². The van der Waals surface area contributed by atoms with E-state index in [0.717, 1.165) is 14.3 Å². The van der Waals surface area contributed by atoms with E-state index < -0.39 is 0 Å². The smallest absolute Gasteiger partial charge is 0.121 e. The summed E-state index contributed by atoms with van der Waals surface area (Å²) in [4.78, 5) is 0. The molecule has 11 heavy (non-hydrogen) atoms. The maximum atomic E-state index is 5.15. The molecule has 0 aromatic heterocycles. The summed E-state index contributed by atoms with van der Waals surface area (Å²) < 4.78 is 5.15. The fourth-order valence-corrected chi connectivity index (χ4v) is 1.64. The van der Waals surface area contributed by atoms with Crippen molar-refractivity contribution in [3.63, 3.8) is 0 Å². The second-order valence-electron chi connectivity index (χ2n) is 2.43. The maximum absolute atomic E-state index is 5.15. The number of hydrogen-bond donors (Lipinski definition) is 0. The van der Waals surface area contributed by atoms with Gasteiger partial charge in [-0.2, -0.15) is 0 Å². The van der Waals surface area contributed by atoms with Crippen LogP contribution in [0, 0.1) is 6.92 Å². The molecule has 1 aromatic rings. The highest BCUT2D eigenvalue weighted by Gasteiger charge is 1.96. The molecule has 0 saturated carbocycles. The van der Waals surface area contributed by atoms with Gasteiger partial charge in [-0.3, -0.25) is 0 Å². The molecule has 0 amide bonds. The van der Waals surface area contributed by atoms with E-state index in [9.17, 15) is 0 Å². The molecule has 0 N–H and O–H groups in total. The summed E-state index contributed by atoms with van der Waals surface area (Å²) in [7, 11) is 2.57. The van der Waals surface area contributed by atoms with E-state index in [4.69, 9.17) is 4.74 Å². The van der Waals surface area contributed by atoms with Gasteiger partial charge < -0.3 is 4.74 Å². The minimum absolute atomic E-state index is 0.869. The largest absolute Gasteiger partial charge is 0.496 e. The Balaban J connectivity index is 2.99. The molecule has 0 heterocycles. The van der Waals surface area contributed by atoms with Gasteiger partial charge in [0.25, 0.3) is 0 Å². The zero-order valence-corrected chi connectivity index (χ0v) is 8.14. The fraction of sp³-hybridized carbons (Fsp3) is 0.333. The van der Waals surface area contributed by atoms with Crippen LogP contribution < -0.4 is 10.0 Å². The van der Waals surface area contributed by atoms with Gasteiger partial charge in [-0.25, -0.2) is 0 Å². The van der Waals surface area contributed by atoms with Crippen LogP contribution in [0.1, 0.15) is 5.56 Å². The van der Waals surface area contributed by atoms with Gasteiger partial charge in [0.1, 0.15) is 5.75 Å². The molecule has 1 nitrogen and oxygen atoms in total. The summed E-state index contributed by atoms with van der Waals surface area (Å²) in [5, 5.41) is 1.39. The Morgan fingerprint density at radius 1 is 1.36 bits per heavy atom. The van der Waals surface area contributed by atoms with E-state index >= 15 is 0 Å². The number of ether oxygens (including phenoxy) is 1. The van der Waals surface area contributed by atoms with Gasteiger partial charge in [0.05, 0.1) is 7.11 Å². The molecule has 0 saturated heterocycles. The first-order valence-corrected chi connectivity index (χ1v) is 5.10. The molecule has 1 aromatic carbocycles. The van der Waals surface area contributed by atoms with Crippen molar-refractivity contribution in [2.45, 2.75) is 6.92 Å². The SMILES string of the molecule is COc1ccc(PC)cc1C. The van der Waals surface area contributed by atoms with Crippen LogP contribution in [0.15, 0.2) is 18.2 Å². The molecule has 0 aliphatic carbocycles. The van der Waals surface area contributed by atoms with Crippen molar-refractivity contribution in [1.29, 1.82) is 0 Å². The molecule has 0 aliphatic heterocycles. The van der Waals surface area contributed by atoms with Crippen LogP contribution in [-0.2, 0) is 0 Å². The van der Waals surface area contributed by atoms with Crippen LogP contribution in [0.3, 0.4) is 0 Å². The molecule has 1 rings (SSSR count). The molecule has 2 heteroatoms. The monoisotopic (exact) mass is 168 g/mol. The van der Waals surface area contributed by atoms with Crippen molar-refractivity contribution in [3.05, 3.63) is 23.8 Å². The van der Waals surface area contributed by atoms with Gasteiger partial charge in [-0.1, -0.05) is 14.6 Å². The van der Waals surface area contributed by atoms with E-state index in [1.165, 1.54) is 10.9 Å². The highest BCUT2D eigenvalue weighted by molar-refractivity contribution is 7.46. The van der Waals surface area contributed by atoms with E-state index in [0.29, 0.717) is 0 Å². The van der Waals surface area contributed by atoms with Crippen LogP contribution in [0.5, 0.6) is 5.75 Å². The number of benzene rings is 1. The molecular formula is C9H13OP. The first-order chi connectivity index (χ1) is 5.27. The Bertz CT molecular complexity index is 245. The molecule has 60 valence electrons. The number of aryl methyl sites for hydroxylation is 1. The van der Waals surface area contributed by atoms with Crippen LogP contribution in [0.25, 0.3) is 0 Å². The standard InChI is InChI=1S/C9H13OP/c1-7-6-8(11-3)4-5-9(7)10-2/h4-6,11H,1-3H3. The van der Waals surface area contributed by atoms with Gasteiger partial charge >= 0.3 is 0 Å². The fourth-order valence-electron chi connectivity index (χ4n) is 1.03. The lowest BCUT2D eigenvalue weighted by Crippen LogP contribution is -1.96. The molecular weight excluding hydrogens is 155 g/mol. The van der Waals surface area contributed by atoms with Crippen molar-refractivity contribution in [3.8, 4) is 5.75 Å². The lowest BCUT2D eigenvalue weighted by Gasteiger charge is -2.05. The highest BCUT2D eigenvalue weighted by atomic mass is 31.1. The first kappa shape index (κ1) is 8.55. The third-order valence-corrected chi connectivity index (χ3v) is 2.57. The summed E-state index contributed by atoms with van der Waals surface area (Å²) in [6.45, 7) is 4.25. The lowest BCUT2D eigenvalue weighted by molar-refractivity contribution is 0.412. The Hall–Kier alpha value is -0.550. The van der Waals surface area contributed by atoms with Crippen molar-refractivity contribution in [1.82, 2.24) is 0 Å². The quantitative estimate of drug-likeness (QED) is 0.613. The second-order valence-corrected chi connectivity index (χ2v) is 3.51. The first-order valence-electron chi connectivity index (χ1n) is 3.60. The Kier molecular flexibility index (Phi) is 2.90. The summed E-state index contributed by atoms with van der Waals surface area (Å²) >= 11 is 0. The van der Waals surface area contributed by atoms with Gasteiger partial charge in [-0.15, -0.1) is 0 Å². The average molecular weight is 168 g/mol. The molecule has 0 radical (unpaired) electrons. The summed E-state index contributed by atoms with van der Waals surface area (Å²) in [6.07, 6.45) is 0. The third-order valence-electron chi connectivity index (χ3n) is 1.68. The zero-order chi connectivity index (χ0) is 8.27. The van der Waals surface area contributed by atoms with Crippen LogP contribution in [0.2, 0.25) is 0 Å². The average Bonchev–Trinajstić information content (AvgIpc) is 2.04. The van der Waals surface area contributed by atoms with Crippen molar-refractivity contribution < 1.29 is 4.74 Å². The number of methoxy groups -OCH3 is 1. The van der Waals surface area contributed by atoms with E-state index in [2.05, 4.69) is 25.7 Å². The minimum atomic E-state index is 0.869. The van der Waals surface area contributed by atoms with E-state index in [-0.39, 0.29) is 0 Å². The molecule has 0 fully saturated rings. The van der Waals surface area contributed by atoms with Crippen LogP contribution in [0.4, 0.5) is 0 Å². The van der Waals surface area contributed by atoms with Gasteiger partial charge in [-0.05, 0) is 36.6 Å². The van der Waals surface area contributed by atoms with Crippen LogP contribution >= 0.6 is 8.58 Å². The minimum Gasteiger partial charge on any atom is -0.496 e. The molecule has 0 aliphatic rings. The Morgan fingerprint density at radius 2 is 2.09 bits per heavy atom. The number of hydrogen-bond acceptors (Lipinski definition) is 1. The lowest BCUT2D eigenvalue weighted by atomic mass is 10.2. The summed E-state index contributed by atoms with van der Waals surface area (Å²) in [5.41, 5.74) is 1.22. The van der Waals surface area contributed by atoms with Gasteiger partial charge in [0.2, 0.25) is 0 Å². The molecule has 0 spiro atoms. The van der Waals surface area contributed by atoms with Gasteiger partial charge in [0.15, 0.2) is 0 Å². The van der Waals surface area contributed by atoms with Crippen LogP contribution in [-0.4, -0.2) is 13.8 Å². The Labute approximate surface area is 69.6 Å². The van der Waals surface area contributed by atoms with E-state index in [1.54, 1.807) is 7.11 Å². The molecule has 1 unspecified atom stereocenters.